The van der Waals surface area contributed by atoms with E-state index in [0.717, 1.165) is 30.6 Å². The predicted molar refractivity (Wildman–Crippen MR) is 77.3 cm³/mol. The van der Waals surface area contributed by atoms with Gasteiger partial charge in [0, 0.05) is 5.88 Å². The lowest BCUT2D eigenvalue weighted by molar-refractivity contribution is 0.271. The third-order valence-electron chi connectivity index (χ3n) is 4.00. The highest BCUT2D eigenvalue weighted by molar-refractivity contribution is 6.18. The molecule has 0 bridgehead atoms. The van der Waals surface area contributed by atoms with Crippen LogP contribution in [0.2, 0.25) is 0 Å². The van der Waals surface area contributed by atoms with Gasteiger partial charge in [0.2, 0.25) is 0 Å². The van der Waals surface area contributed by atoms with Gasteiger partial charge >= 0.3 is 0 Å². The molecule has 1 aromatic rings. The zero-order valence-corrected chi connectivity index (χ0v) is 11.7. The van der Waals surface area contributed by atoms with Gasteiger partial charge in [0.25, 0.3) is 0 Å². The Morgan fingerprint density at radius 3 is 2.56 bits per heavy atom. The Hall–Kier alpha value is -0.690. The van der Waals surface area contributed by atoms with E-state index in [9.17, 15) is 0 Å². The van der Waals surface area contributed by atoms with Crippen LogP contribution in [-0.2, 0) is 0 Å². The van der Waals surface area contributed by atoms with Gasteiger partial charge in [0.1, 0.15) is 5.75 Å². The third kappa shape index (κ3) is 4.20. The number of ether oxygens (including phenoxy) is 1. The van der Waals surface area contributed by atoms with E-state index in [1.807, 2.05) is 30.3 Å². The molecular formula is C16H23ClO. The number of hydrogen-bond donors (Lipinski definition) is 0. The molecule has 1 aliphatic rings. The van der Waals surface area contributed by atoms with E-state index in [-0.39, 0.29) is 0 Å². The SMILES string of the molecule is ClCC(CCCOc1ccccc1)C1CCCC1. The predicted octanol–water partition coefficient (Wildman–Crippen LogP) is 4.89. The van der Waals surface area contributed by atoms with Crippen LogP contribution in [0.1, 0.15) is 38.5 Å². The van der Waals surface area contributed by atoms with E-state index < -0.39 is 0 Å². The monoisotopic (exact) mass is 266 g/mol. The first kappa shape index (κ1) is 13.7. The maximum atomic E-state index is 6.10. The normalized spacial score (nSPS) is 17.8. The molecule has 2 heteroatoms. The average molecular weight is 267 g/mol. The standard InChI is InChI=1S/C16H23ClO/c17-13-15(14-7-4-5-8-14)9-6-12-18-16-10-2-1-3-11-16/h1-3,10-11,14-15H,4-9,12-13H2. The van der Waals surface area contributed by atoms with Crippen LogP contribution in [0.4, 0.5) is 0 Å². The zero-order valence-electron chi connectivity index (χ0n) is 11.0. The van der Waals surface area contributed by atoms with Gasteiger partial charge in [0.05, 0.1) is 6.61 Å². The minimum absolute atomic E-state index is 0.702. The van der Waals surface area contributed by atoms with Gasteiger partial charge < -0.3 is 4.74 Å². The van der Waals surface area contributed by atoms with E-state index in [2.05, 4.69) is 0 Å². The van der Waals surface area contributed by atoms with Crippen LogP contribution in [0.3, 0.4) is 0 Å². The second kappa shape index (κ2) is 7.68. The molecule has 0 heterocycles. The summed E-state index contributed by atoms with van der Waals surface area (Å²) in [7, 11) is 0. The minimum Gasteiger partial charge on any atom is -0.494 e. The molecule has 2 rings (SSSR count). The molecule has 1 aliphatic carbocycles. The van der Waals surface area contributed by atoms with Crippen molar-refractivity contribution in [1.29, 1.82) is 0 Å². The molecule has 1 aromatic carbocycles. The summed E-state index contributed by atoms with van der Waals surface area (Å²) in [5, 5.41) is 0. The van der Waals surface area contributed by atoms with Crippen molar-refractivity contribution in [2.75, 3.05) is 12.5 Å². The molecule has 0 amide bonds. The summed E-state index contributed by atoms with van der Waals surface area (Å²) in [5.74, 6) is 3.37. The molecule has 100 valence electrons. The third-order valence-corrected chi connectivity index (χ3v) is 4.39. The average Bonchev–Trinajstić information content (AvgIpc) is 2.94. The maximum absolute atomic E-state index is 6.10. The van der Waals surface area contributed by atoms with Gasteiger partial charge in [-0.15, -0.1) is 11.6 Å². The molecule has 18 heavy (non-hydrogen) atoms. The van der Waals surface area contributed by atoms with E-state index in [1.165, 1.54) is 32.1 Å². The largest absolute Gasteiger partial charge is 0.494 e. The molecular weight excluding hydrogens is 244 g/mol. The number of halogens is 1. The Morgan fingerprint density at radius 1 is 1.17 bits per heavy atom. The second-order valence-corrected chi connectivity index (χ2v) is 5.57. The fraction of sp³-hybridized carbons (Fsp3) is 0.625. The maximum Gasteiger partial charge on any atom is 0.119 e. The van der Waals surface area contributed by atoms with Crippen molar-refractivity contribution in [2.45, 2.75) is 38.5 Å². The second-order valence-electron chi connectivity index (χ2n) is 5.26. The van der Waals surface area contributed by atoms with Crippen LogP contribution in [-0.4, -0.2) is 12.5 Å². The van der Waals surface area contributed by atoms with Crippen LogP contribution in [0.15, 0.2) is 30.3 Å². The summed E-state index contributed by atoms with van der Waals surface area (Å²) in [6.45, 7) is 0.810. The molecule has 0 aromatic heterocycles. The highest BCUT2D eigenvalue weighted by Crippen LogP contribution is 2.34. The first-order chi connectivity index (χ1) is 8.90. The zero-order chi connectivity index (χ0) is 12.6. The molecule has 1 atom stereocenters. The molecule has 0 aliphatic heterocycles. The first-order valence-electron chi connectivity index (χ1n) is 7.14. The van der Waals surface area contributed by atoms with Crippen LogP contribution in [0.5, 0.6) is 5.75 Å². The van der Waals surface area contributed by atoms with Crippen LogP contribution in [0, 0.1) is 11.8 Å². The molecule has 0 saturated heterocycles. The Kier molecular flexibility index (Phi) is 5.86. The number of rotatable bonds is 7. The van der Waals surface area contributed by atoms with Gasteiger partial charge in [-0.05, 0) is 36.8 Å². The number of para-hydroxylation sites is 1. The van der Waals surface area contributed by atoms with E-state index in [1.54, 1.807) is 0 Å². The lowest BCUT2D eigenvalue weighted by atomic mass is 9.89. The van der Waals surface area contributed by atoms with Crippen LogP contribution < -0.4 is 4.74 Å². The van der Waals surface area contributed by atoms with Gasteiger partial charge in [-0.2, -0.15) is 0 Å². The lowest BCUT2D eigenvalue weighted by Crippen LogP contribution is -2.14. The molecule has 1 unspecified atom stereocenters. The molecule has 0 radical (unpaired) electrons. The van der Waals surface area contributed by atoms with Crippen molar-refractivity contribution < 1.29 is 4.74 Å². The van der Waals surface area contributed by atoms with E-state index >= 15 is 0 Å². The van der Waals surface area contributed by atoms with Gasteiger partial charge in [-0.25, -0.2) is 0 Å². The summed E-state index contributed by atoms with van der Waals surface area (Å²) in [6, 6.07) is 10.0. The molecule has 0 N–H and O–H groups in total. The van der Waals surface area contributed by atoms with Crippen molar-refractivity contribution in [3.8, 4) is 5.75 Å². The van der Waals surface area contributed by atoms with Gasteiger partial charge in [-0.3, -0.25) is 0 Å². The lowest BCUT2D eigenvalue weighted by Gasteiger charge is -2.20. The fourth-order valence-corrected chi connectivity index (χ4v) is 3.33. The smallest absolute Gasteiger partial charge is 0.119 e. The topological polar surface area (TPSA) is 9.23 Å². The van der Waals surface area contributed by atoms with Gasteiger partial charge in [0.15, 0.2) is 0 Å². The van der Waals surface area contributed by atoms with Crippen molar-refractivity contribution >= 4 is 11.6 Å². The van der Waals surface area contributed by atoms with Crippen molar-refractivity contribution in [1.82, 2.24) is 0 Å². The Bertz CT molecular complexity index is 319. The first-order valence-corrected chi connectivity index (χ1v) is 7.67. The summed E-state index contributed by atoms with van der Waals surface area (Å²) < 4.78 is 5.72. The molecule has 1 fully saturated rings. The Labute approximate surface area is 115 Å². The minimum atomic E-state index is 0.702. The molecule has 1 saturated carbocycles. The van der Waals surface area contributed by atoms with E-state index in [0.29, 0.717) is 5.92 Å². The van der Waals surface area contributed by atoms with Crippen molar-refractivity contribution in [3.05, 3.63) is 30.3 Å². The summed E-state index contributed by atoms with van der Waals surface area (Å²) >= 11 is 6.10. The molecule has 1 nitrogen and oxygen atoms in total. The quantitative estimate of drug-likeness (QED) is 0.504. The Balaban J connectivity index is 1.64. The van der Waals surface area contributed by atoms with Crippen molar-refractivity contribution in [2.24, 2.45) is 11.8 Å². The fourth-order valence-electron chi connectivity index (χ4n) is 2.92. The summed E-state index contributed by atoms with van der Waals surface area (Å²) in [4.78, 5) is 0. The number of alkyl halides is 1. The molecule has 0 spiro atoms. The number of hydrogen-bond acceptors (Lipinski definition) is 1. The summed E-state index contributed by atoms with van der Waals surface area (Å²) in [6.07, 6.45) is 7.90. The van der Waals surface area contributed by atoms with E-state index in [4.69, 9.17) is 16.3 Å². The summed E-state index contributed by atoms with van der Waals surface area (Å²) in [5.41, 5.74) is 0. The Morgan fingerprint density at radius 2 is 1.89 bits per heavy atom. The van der Waals surface area contributed by atoms with Crippen molar-refractivity contribution in [3.63, 3.8) is 0 Å². The number of benzene rings is 1. The van der Waals surface area contributed by atoms with Crippen LogP contribution in [0.25, 0.3) is 0 Å². The van der Waals surface area contributed by atoms with Gasteiger partial charge in [-0.1, -0.05) is 43.9 Å². The highest BCUT2D eigenvalue weighted by atomic mass is 35.5. The highest BCUT2D eigenvalue weighted by Gasteiger charge is 2.23. The van der Waals surface area contributed by atoms with Crippen LogP contribution >= 0.6 is 11.6 Å².